The van der Waals surface area contributed by atoms with Gasteiger partial charge < -0.3 is 20.4 Å². The molecule has 23 heavy (non-hydrogen) atoms. The minimum Gasteiger partial charge on any atom is -0.327 e. The molecule has 0 aliphatic carbocycles. The lowest BCUT2D eigenvalue weighted by molar-refractivity contribution is 0.139. The van der Waals surface area contributed by atoms with Crippen molar-refractivity contribution in [3.05, 3.63) is 30.3 Å². The molecule has 1 aliphatic rings. The molecule has 0 unspecified atom stereocenters. The lowest BCUT2D eigenvalue weighted by Gasteiger charge is -2.35. The first-order valence-corrected chi connectivity index (χ1v) is 10.6. The molecule has 0 saturated carbocycles. The molecule has 1 atom stereocenters. The van der Waals surface area contributed by atoms with Crippen molar-refractivity contribution in [1.82, 2.24) is 9.80 Å². The Balaban J connectivity index is 1.60. The first kappa shape index (κ1) is 18.9. The highest BCUT2D eigenvalue weighted by atomic mass is 32.2. The number of nitrogens with two attached hydrogens (primary N) is 1. The predicted octanol–water partition coefficient (Wildman–Crippen LogP) is 1.25. The molecule has 1 aliphatic heterocycles. The summed E-state index contributed by atoms with van der Waals surface area (Å²) < 4.78 is 11.0. The van der Waals surface area contributed by atoms with Crippen LogP contribution in [0.2, 0.25) is 0 Å². The van der Waals surface area contributed by atoms with Gasteiger partial charge in [-0.2, -0.15) is 0 Å². The Hall–Kier alpha value is -0.400. The van der Waals surface area contributed by atoms with E-state index >= 15 is 0 Å². The molecule has 0 aromatic heterocycles. The molecule has 6 nitrogen and oxygen atoms in total. The van der Waals surface area contributed by atoms with Crippen LogP contribution in [0.4, 0.5) is 0 Å². The van der Waals surface area contributed by atoms with Gasteiger partial charge in [-0.15, -0.1) is 11.8 Å². The summed E-state index contributed by atoms with van der Waals surface area (Å²) in [5.41, 5.74) is 6.19. The summed E-state index contributed by atoms with van der Waals surface area (Å²) in [5, 5.41) is 0. The quantitative estimate of drug-likeness (QED) is 0.475. The first-order chi connectivity index (χ1) is 10.9. The Kier molecular flexibility index (Phi) is 7.56. The van der Waals surface area contributed by atoms with E-state index in [1.807, 2.05) is 23.1 Å². The maximum atomic E-state index is 11.0. The molecule has 0 amide bonds. The third kappa shape index (κ3) is 7.81. The van der Waals surface area contributed by atoms with Gasteiger partial charge in [0, 0.05) is 42.9 Å². The molecule has 4 N–H and O–H groups in total. The Morgan fingerprint density at radius 2 is 1.74 bits per heavy atom. The van der Waals surface area contributed by atoms with Gasteiger partial charge in [-0.1, -0.05) is 18.2 Å². The van der Waals surface area contributed by atoms with Crippen molar-refractivity contribution in [2.24, 2.45) is 5.73 Å². The van der Waals surface area contributed by atoms with Crippen molar-refractivity contribution >= 4 is 19.4 Å². The molecule has 130 valence electrons. The largest absolute Gasteiger partial charge is 0.339 e. The lowest BCUT2D eigenvalue weighted by Crippen LogP contribution is -2.47. The summed E-state index contributed by atoms with van der Waals surface area (Å²) in [4.78, 5) is 23.4. The second-order valence-electron chi connectivity index (χ2n) is 5.94. The molecule has 2 rings (SSSR count). The van der Waals surface area contributed by atoms with E-state index < -0.39 is 7.60 Å². The van der Waals surface area contributed by atoms with Gasteiger partial charge in [-0.05, 0) is 25.1 Å². The van der Waals surface area contributed by atoms with Gasteiger partial charge in [-0.25, -0.2) is 0 Å². The van der Waals surface area contributed by atoms with Crippen molar-refractivity contribution in [3.63, 3.8) is 0 Å². The summed E-state index contributed by atoms with van der Waals surface area (Å²) in [5.74, 6) is 0.905. The summed E-state index contributed by atoms with van der Waals surface area (Å²) in [6.07, 6.45) is 0.812. The summed E-state index contributed by atoms with van der Waals surface area (Å²) in [6, 6.07) is 10.4. The normalized spacial score (nSPS) is 18.9. The van der Waals surface area contributed by atoms with E-state index in [-0.39, 0.29) is 12.3 Å². The monoisotopic (exact) mass is 359 g/mol. The van der Waals surface area contributed by atoms with Crippen LogP contribution in [-0.2, 0) is 4.57 Å². The van der Waals surface area contributed by atoms with Gasteiger partial charge in [0.2, 0.25) is 0 Å². The molecule has 1 fully saturated rings. The van der Waals surface area contributed by atoms with E-state index in [9.17, 15) is 4.57 Å². The van der Waals surface area contributed by atoms with Crippen LogP contribution in [0, 0.1) is 0 Å². The molecule has 1 aromatic rings. The fraction of sp³-hybridized carbons (Fsp3) is 0.600. The third-order valence-electron chi connectivity index (χ3n) is 3.87. The smallest absolute Gasteiger partial charge is 0.327 e. The average Bonchev–Trinajstić information content (AvgIpc) is 2.52. The Labute approximate surface area is 142 Å². The molecule has 0 spiro atoms. The standard InChI is InChI=1S/C15H26N3O3PS/c16-14(12-23-15-4-2-1-3-5-15)6-7-17-8-10-18(11-9-17)13-22(19,20)21/h1-5,14H,6-13,16H2,(H2,19,20,21)/t14-/m1/s1. The highest BCUT2D eigenvalue weighted by Gasteiger charge is 2.23. The molecule has 8 heteroatoms. The van der Waals surface area contributed by atoms with Gasteiger partial charge in [0.05, 0.1) is 0 Å². The Morgan fingerprint density at radius 1 is 1.13 bits per heavy atom. The molecule has 1 heterocycles. The van der Waals surface area contributed by atoms with Crippen molar-refractivity contribution in [3.8, 4) is 0 Å². The summed E-state index contributed by atoms with van der Waals surface area (Å²) in [7, 11) is -3.94. The van der Waals surface area contributed by atoms with Gasteiger partial charge in [-0.3, -0.25) is 9.46 Å². The maximum absolute atomic E-state index is 11.0. The van der Waals surface area contributed by atoms with E-state index in [0.717, 1.165) is 31.8 Å². The maximum Gasteiger partial charge on any atom is 0.339 e. The minimum atomic E-state index is -3.94. The highest BCUT2D eigenvalue weighted by molar-refractivity contribution is 7.99. The number of nitrogens with zero attached hydrogens (tertiary/aromatic N) is 2. The van der Waals surface area contributed by atoms with E-state index in [1.54, 1.807) is 11.8 Å². The third-order valence-corrected chi connectivity index (χ3v) is 5.84. The van der Waals surface area contributed by atoms with Gasteiger partial charge >= 0.3 is 7.60 Å². The lowest BCUT2D eigenvalue weighted by atomic mass is 10.2. The van der Waals surface area contributed by atoms with Gasteiger partial charge in [0.15, 0.2) is 0 Å². The van der Waals surface area contributed by atoms with Gasteiger partial charge in [0.1, 0.15) is 6.29 Å². The highest BCUT2D eigenvalue weighted by Crippen LogP contribution is 2.35. The Morgan fingerprint density at radius 3 is 2.35 bits per heavy atom. The second-order valence-corrected chi connectivity index (χ2v) is 8.64. The first-order valence-electron chi connectivity index (χ1n) is 7.85. The molecule has 1 saturated heterocycles. The zero-order valence-corrected chi connectivity index (χ0v) is 15.0. The summed E-state index contributed by atoms with van der Waals surface area (Å²) >= 11 is 1.78. The predicted molar refractivity (Wildman–Crippen MR) is 94.7 cm³/mol. The van der Waals surface area contributed by atoms with Crippen LogP contribution < -0.4 is 5.73 Å². The van der Waals surface area contributed by atoms with Crippen LogP contribution in [0.15, 0.2) is 35.2 Å². The molecule has 0 radical (unpaired) electrons. The van der Waals surface area contributed by atoms with Gasteiger partial charge in [0.25, 0.3) is 0 Å². The van der Waals surface area contributed by atoms with Crippen LogP contribution in [0.5, 0.6) is 0 Å². The number of benzene rings is 1. The van der Waals surface area contributed by atoms with Crippen molar-refractivity contribution in [2.45, 2.75) is 17.4 Å². The van der Waals surface area contributed by atoms with Crippen LogP contribution in [0.25, 0.3) is 0 Å². The number of rotatable bonds is 8. The zero-order chi connectivity index (χ0) is 16.7. The zero-order valence-electron chi connectivity index (χ0n) is 13.3. The van der Waals surface area contributed by atoms with E-state index in [1.165, 1.54) is 4.90 Å². The second kappa shape index (κ2) is 9.18. The number of hydrogen-bond donors (Lipinski definition) is 3. The fourth-order valence-electron chi connectivity index (χ4n) is 2.57. The van der Waals surface area contributed by atoms with Crippen LogP contribution in [0.1, 0.15) is 6.42 Å². The van der Waals surface area contributed by atoms with E-state index in [4.69, 9.17) is 15.5 Å². The summed E-state index contributed by atoms with van der Waals surface area (Å²) in [6.45, 7) is 4.05. The molecule has 1 aromatic carbocycles. The van der Waals surface area contributed by atoms with Crippen LogP contribution in [-0.4, -0.2) is 70.4 Å². The molecule has 0 bridgehead atoms. The topological polar surface area (TPSA) is 90.0 Å². The van der Waals surface area contributed by atoms with Crippen LogP contribution in [0.3, 0.4) is 0 Å². The van der Waals surface area contributed by atoms with Crippen LogP contribution >= 0.6 is 19.4 Å². The van der Waals surface area contributed by atoms with E-state index in [2.05, 4.69) is 17.0 Å². The number of thioether (sulfide) groups is 1. The van der Waals surface area contributed by atoms with Crippen molar-refractivity contribution in [2.75, 3.05) is 44.8 Å². The SMILES string of the molecule is N[C@H](CCN1CCN(CP(=O)(O)O)CC1)CSc1ccccc1. The van der Waals surface area contributed by atoms with Crippen molar-refractivity contribution < 1.29 is 14.4 Å². The molecular formula is C15H26N3O3PS. The number of hydrogen-bond acceptors (Lipinski definition) is 5. The fourth-order valence-corrected chi connectivity index (χ4v) is 4.29. The molecular weight excluding hydrogens is 333 g/mol. The minimum absolute atomic E-state index is 0.131. The van der Waals surface area contributed by atoms with E-state index in [0.29, 0.717) is 13.1 Å². The van der Waals surface area contributed by atoms with Crippen molar-refractivity contribution in [1.29, 1.82) is 0 Å². The average molecular weight is 359 g/mol. The Bertz CT molecular complexity index is 506. The number of piperazine rings is 1.